The number of fused-ring (bicyclic) bond motifs is 3. The third-order valence-corrected chi connectivity index (χ3v) is 6.35. The summed E-state index contributed by atoms with van der Waals surface area (Å²) in [5, 5.41) is 11.4. The standard InChI is InChI=1S/C20H27NO5/c1-13-9-14(3-4-18(13)24-2)19(22)21-10-15-11-26-8-6-20(15,23)16-12-25-7-5-17(16)21/h3-4,9,15-17,23H,5-8,10-12H2,1-2H3/t15-,16+,17-,20-/m1/s1. The predicted octanol–water partition coefficient (Wildman–Crippen LogP) is 1.63. The molecule has 4 rings (SSSR count). The van der Waals surface area contributed by atoms with Gasteiger partial charge in [0.1, 0.15) is 5.75 Å². The van der Waals surface area contributed by atoms with Crippen molar-refractivity contribution in [2.75, 3.05) is 40.1 Å². The fourth-order valence-electron chi connectivity index (χ4n) is 4.87. The van der Waals surface area contributed by atoms with Gasteiger partial charge in [0, 0.05) is 49.6 Å². The van der Waals surface area contributed by atoms with Gasteiger partial charge in [0.05, 0.1) is 25.9 Å². The molecule has 0 saturated carbocycles. The van der Waals surface area contributed by atoms with Crippen LogP contribution in [-0.4, -0.2) is 67.6 Å². The summed E-state index contributed by atoms with van der Waals surface area (Å²) in [4.78, 5) is 15.3. The smallest absolute Gasteiger partial charge is 0.254 e. The molecule has 4 atom stereocenters. The van der Waals surface area contributed by atoms with Crippen molar-refractivity contribution in [2.45, 2.75) is 31.4 Å². The molecule has 6 nitrogen and oxygen atoms in total. The van der Waals surface area contributed by atoms with Crippen LogP contribution in [0, 0.1) is 18.8 Å². The van der Waals surface area contributed by atoms with Gasteiger partial charge in [0.25, 0.3) is 5.91 Å². The molecule has 1 aromatic carbocycles. The summed E-state index contributed by atoms with van der Waals surface area (Å²) in [6.07, 6.45) is 1.38. The summed E-state index contributed by atoms with van der Waals surface area (Å²) >= 11 is 0. The van der Waals surface area contributed by atoms with Crippen molar-refractivity contribution in [3.8, 4) is 5.75 Å². The molecule has 3 heterocycles. The van der Waals surface area contributed by atoms with Crippen LogP contribution in [0.25, 0.3) is 0 Å². The first-order valence-electron chi connectivity index (χ1n) is 9.38. The zero-order chi connectivity index (χ0) is 18.3. The molecule has 1 aromatic rings. The number of nitrogens with zero attached hydrogens (tertiary/aromatic N) is 1. The van der Waals surface area contributed by atoms with Crippen LogP contribution in [0.2, 0.25) is 0 Å². The lowest BCUT2D eigenvalue weighted by Crippen LogP contribution is -2.68. The van der Waals surface area contributed by atoms with Crippen molar-refractivity contribution in [2.24, 2.45) is 11.8 Å². The lowest BCUT2D eigenvalue weighted by Gasteiger charge is -2.57. The highest BCUT2D eigenvalue weighted by atomic mass is 16.5. The number of hydrogen-bond donors (Lipinski definition) is 1. The molecule has 3 fully saturated rings. The van der Waals surface area contributed by atoms with Crippen LogP contribution in [0.1, 0.15) is 28.8 Å². The van der Waals surface area contributed by atoms with E-state index < -0.39 is 5.60 Å². The Morgan fingerprint density at radius 2 is 2.12 bits per heavy atom. The topological polar surface area (TPSA) is 68.2 Å². The molecule has 0 bridgehead atoms. The number of aliphatic hydroxyl groups is 1. The van der Waals surface area contributed by atoms with Gasteiger partial charge in [0.15, 0.2) is 0 Å². The van der Waals surface area contributed by atoms with Gasteiger partial charge in [-0.3, -0.25) is 4.79 Å². The van der Waals surface area contributed by atoms with Gasteiger partial charge >= 0.3 is 0 Å². The van der Waals surface area contributed by atoms with Crippen molar-refractivity contribution in [3.05, 3.63) is 29.3 Å². The monoisotopic (exact) mass is 361 g/mol. The molecule has 1 amide bonds. The molecule has 0 unspecified atom stereocenters. The molecular formula is C20H27NO5. The molecule has 3 aliphatic heterocycles. The number of carbonyl (C=O) groups excluding carboxylic acids is 1. The van der Waals surface area contributed by atoms with Gasteiger partial charge in [-0.2, -0.15) is 0 Å². The molecule has 3 saturated heterocycles. The Kier molecular flexibility index (Phi) is 4.67. The quantitative estimate of drug-likeness (QED) is 0.867. The molecule has 26 heavy (non-hydrogen) atoms. The normalized spacial score (nSPS) is 34.0. The fraction of sp³-hybridized carbons (Fsp3) is 0.650. The van der Waals surface area contributed by atoms with Crippen molar-refractivity contribution in [1.82, 2.24) is 4.90 Å². The predicted molar refractivity (Wildman–Crippen MR) is 95.4 cm³/mol. The number of piperidine rings is 1. The molecular weight excluding hydrogens is 334 g/mol. The third kappa shape index (κ3) is 2.80. The highest BCUT2D eigenvalue weighted by Crippen LogP contribution is 2.44. The molecule has 1 N–H and O–H groups in total. The summed E-state index contributed by atoms with van der Waals surface area (Å²) in [5.74, 6) is 0.671. The number of likely N-dealkylation sites (tertiary alicyclic amines) is 1. The molecule has 6 heteroatoms. The second-order valence-electron chi connectivity index (χ2n) is 7.69. The van der Waals surface area contributed by atoms with Crippen LogP contribution >= 0.6 is 0 Å². The number of benzene rings is 1. The van der Waals surface area contributed by atoms with Crippen LogP contribution in [-0.2, 0) is 9.47 Å². The van der Waals surface area contributed by atoms with E-state index in [4.69, 9.17) is 14.2 Å². The van der Waals surface area contributed by atoms with E-state index in [0.29, 0.717) is 45.0 Å². The first-order valence-corrected chi connectivity index (χ1v) is 9.38. The van der Waals surface area contributed by atoms with E-state index in [0.717, 1.165) is 17.7 Å². The van der Waals surface area contributed by atoms with Crippen molar-refractivity contribution < 1.29 is 24.1 Å². The van der Waals surface area contributed by atoms with Crippen LogP contribution in [0.3, 0.4) is 0 Å². The molecule has 0 aromatic heterocycles. The van der Waals surface area contributed by atoms with E-state index in [9.17, 15) is 9.90 Å². The highest BCUT2D eigenvalue weighted by molar-refractivity contribution is 5.95. The minimum absolute atomic E-state index is 0.0120. The molecule has 3 aliphatic rings. The Balaban J connectivity index is 1.64. The van der Waals surface area contributed by atoms with Gasteiger partial charge in [-0.25, -0.2) is 0 Å². The van der Waals surface area contributed by atoms with Crippen LogP contribution in [0.15, 0.2) is 18.2 Å². The Morgan fingerprint density at radius 3 is 2.88 bits per heavy atom. The SMILES string of the molecule is COc1ccc(C(=O)N2C[C@@H]3COCC[C@]3(O)[C@H]3COCC[C@H]32)cc1C. The van der Waals surface area contributed by atoms with E-state index >= 15 is 0 Å². The van der Waals surface area contributed by atoms with Crippen LogP contribution < -0.4 is 4.74 Å². The van der Waals surface area contributed by atoms with E-state index in [1.165, 1.54) is 0 Å². The zero-order valence-corrected chi connectivity index (χ0v) is 15.4. The number of amides is 1. The van der Waals surface area contributed by atoms with Crippen LogP contribution in [0.5, 0.6) is 5.75 Å². The Hall–Kier alpha value is -1.63. The number of hydrogen-bond acceptors (Lipinski definition) is 5. The number of carbonyl (C=O) groups is 1. The summed E-state index contributed by atoms with van der Waals surface area (Å²) < 4.78 is 16.6. The van der Waals surface area contributed by atoms with Crippen LogP contribution in [0.4, 0.5) is 0 Å². The fourth-order valence-corrected chi connectivity index (χ4v) is 4.87. The lowest BCUT2D eigenvalue weighted by atomic mass is 9.66. The lowest BCUT2D eigenvalue weighted by molar-refractivity contribution is -0.212. The third-order valence-electron chi connectivity index (χ3n) is 6.35. The van der Waals surface area contributed by atoms with Crippen molar-refractivity contribution in [1.29, 1.82) is 0 Å². The first kappa shape index (κ1) is 17.8. The minimum Gasteiger partial charge on any atom is -0.496 e. The summed E-state index contributed by atoms with van der Waals surface area (Å²) in [5.41, 5.74) is 0.808. The van der Waals surface area contributed by atoms with Gasteiger partial charge < -0.3 is 24.2 Å². The van der Waals surface area contributed by atoms with Gasteiger partial charge in [-0.1, -0.05) is 0 Å². The Bertz CT molecular complexity index is 693. The molecule has 0 spiro atoms. The van der Waals surface area contributed by atoms with Gasteiger partial charge in [-0.15, -0.1) is 0 Å². The highest BCUT2D eigenvalue weighted by Gasteiger charge is 2.56. The Labute approximate surface area is 154 Å². The Morgan fingerprint density at radius 1 is 1.31 bits per heavy atom. The second kappa shape index (κ2) is 6.83. The second-order valence-corrected chi connectivity index (χ2v) is 7.69. The average Bonchev–Trinajstić information content (AvgIpc) is 2.67. The van der Waals surface area contributed by atoms with Gasteiger partial charge in [0.2, 0.25) is 0 Å². The maximum Gasteiger partial charge on any atom is 0.254 e. The number of methoxy groups -OCH3 is 1. The minimum atomic E-state index is -0.796. The summed E-state index contributed by atoms with van der Waals surface area (Å²) in [7, 11) is 1.63. The van der Waals surface area contributed by atoms with E-state index in [1.54, 1.807) is 7.11 Å². The molecule has 0 aliphatic carbocycles. The average molecular weight is 361 g/mol. The largest absolute Gasteiger partial charge is 0.496 e. The van der Waals surface area contributed by atoms with E-state index in [2.05, 4.69) is 0 Å². The van der Waals surface area contributed by atoms with Crippen molar-refractivity contribution in [3.63, 3.8) is 0 Å². The molecule has 142 valence electrons. The number of rotatable bonds is 2. The molecule has 0 radical (unpaired) electrons. The van der Waals surface area contributed by atoms with Crippen molar-refractivity contribution >= 4 is 5.91 Å². The maximum atomic E-state index is 13.3. The maximum absolute atomic E-state index is 13.3. The number of ether oxygens (including phenoxy) is 3. The summed E-state index contributed by atoms with van der Waals surface area (Å²) in [6.45, 7) is 4.66. The first-order chi connectivity index (χ1) is 12.5. The van der Waals surface area contributed by atoms with E-state index in [1.807, 2.05) is 30.0 Å². The number of aryl methyl sites for hydroxylation is 1. The summed E-state index contributed by atoms with van der Waals surface area (Å²) in [6, 6.07) is 5.56. The van der Waals surface area contributed by atoms with E-state index in [-0.39, 0.29) is 23.8 Å². The van der Waals surface area contributed by atoms with Gasteiger partial charge in [-0.05, 0) is 37.1 Å². The zero-order valence-electron chi connectivity index (χ0n) is 15.4.